The first-order chi connectivity index (χ1) is 9.33. The maximum Gasteiger partial charge on any atom is 0.0951 e. The molecule has 1 aromatic rings. The summed E-state index contributed by atoms with van der Waals surface area (Å²) in [6, 6.07) is 0.739. The number of rotatable bonds is 6. The van der Waals surface area contributed by atoms with Gasteiger partial charge in [-0.15, -0.1) is 0 Å². The van der Waals surface area contributed by atoms with Gasteiger partial charge in [0.05, 0.1) is 12.0 Å². The molecule has 2 saturated carbocycles. The molecule has 0 aromatic carbocycles. The van der Waals surface area contributed by atoms with Crippen molar-refractivity contribution in [2.45, 2.75) is 62.3 Å². The van der Waals surface area contributed by atoms with E-state index < -0.39 is 0 Å². The molecule has 2 aliphatic carbocycles. The van der Waals surface area contributed by atoms with Gasteiger partial charge in [0.1, 0.15) is 0 Å². The smallest absolute Gasteiger partial charge is 0.0951 e. The molecule has 3 nitrogen and oxygen atoms in total. The summed E-state index contributed by atoms with van der Waals surface area (Å²) in [6.07, 6.45) is 16.0. The lowest BCUT2D eigenvalue weighted by molar-refractivity contribution is 0.378. The normalized spacial score (nSPS) is 22.6. The summed E-state index contributed by atoms with van der Waals surface area (Å²) in [4.78, 5) is 4.30. The van der Waals surface area contributed by atoms with Crippen molar-refractivity contribution in [3.63, 3.8) is 0 Å². The fourth-order valence-electron chi connectivity index (χ4n) is 3.22. The average molecular weight is 279 g/mol. The zero-order chi connectivity index (χ0) is 13.1. The molecule has 0 atom stereocenters. The van der Waals surface area contributed by atoms with Gasteiger partial charge >= 0.3 is 0 Å². The minimum Gasteiger partial charge on any atom is -0.330 e. The molecular weight excluding hydrogens is 254 g/mol. The van der Waals surface area contributed by atoms with Gasteiger partial charge in [-0.25, -0.2) is 4.98 Å². The summed E-state index contributed by atoms with van der Waals surface area (Å²) in [6.45, 7) is 2.11. The van der Waals surface area contributed by atoms with Crippen LogP contribution in [0.15, 0.2) is 12.5 Å². The summed E-state index contributed by atoms with van der Waals surface area (Å²) in [5.41, 5.74) is 1.36. The van der Waals surface area contributed by atoms with Crippen molar-refractivity contribution in [1.29, 1.82) is 0 Å². The highest BCUT2D eigenvalue weighted by atomic mass is 32.2. The monoisotopic (exact) mass is 279 g/mol. The van der Waals surface area contributed by atoms with E-state index in [0.717, 1.165) is 19.1 Å². The highest BCUT2D eigenvalue weighted by molar-refractivity contribution is 8.00. The van der Waals surface area contributed by atoms with Crippen LogP contribution in [-0.4, -0.2) is 27.1 Å². The standard InChI is InChI=1S/C15H25N3S/c1-19-15(7-3-2-4-8-15)11-16-9-14-10-17-12-18(14)13-5-6-13/h10,12-13,16H,2-9,11H2,1H3. The zero-order valence-electron chi connectivity index (χ0n) is 11.9. The lowest BCUT2D eigenvalue weighted by Gasteiger charge is -2.36. The maximum atomic E-state index is 4.30. The molecule has 1 aromatic heterocycles. The molecule has 2 fully saturated rings. The molecular formula is C15H25N3S. The van der Waals surface area contributed by atoms with Crippen molar-refractivity contribution >= 4 is 11.8 Å². The van der Waals surface area contributed by atoms with Gasteiger partial charge in [-0.1, -0.05) is 19.3 Å². The van der Waals surface area contributed by atoms with Crippen molar-refractivity contribution < 1.29 is 0 Å². The number of hydrogen-bond donors (Lipinski definition) is 1. The van der Waals surface area contributed by atoms with E-state index in [2.05, 4.69) is 32.9 Å². The average Bonchev–Trinajstić information content (AvgIpc) is 3.20. The Hall–Kier alpha value is -0.480. The van der Waals surface area contributed by atoms with Gasteiger partial charge in [0.15, 0.2) is 0 Å². The molecule has 19 heavy (non-hydrogen) atoms. The Bertz CT molecular complexity index is 405. The number of nitrogens with one attached hydrogen (secondary N) is 1. The van der Waals surface area contributed by atoms with Crippen LogP contribution in [0.25, 0.3) is 0 Å². The molecule has 0 bridgehead atoms. The fraction of sp³-hybridized carbons (Fsp3) is 0.800. The Morgan fingerprint density at radius 1 is 1.37 bits per heavy atom. The van der Waals surface area contributed by atoms with Gasteiger partial charge in [-0.05, 0) is 31.9 Å². The first-order valence-corrected chi connectivity index (χ1v) is 8.82. The van der Waals surface area contributed by atoms with E-state index in [1.54, 1.807) is 0 Å². The number of nitrogens with zero attached hydrogens (tertiary/aromatic N) is 2. The largest absolute Gasteiger partial charge is 0.330 e. The number of imidazole rings is 1. The molecule has 0 aliphatic heterocycles. The summed E-state index contributed by atoms with van der Waals surface area (Å²) in [7, 11) is 0. The number of thioether (sulfide) groups is 1. The van der Waals surface area contributed by atoms with Gasteiger partial charge in [0.2, 0.25) is 0 Å². The first-order valence-electron chi connectivity index (χ1n) is 7.60. The molecule has 106 valence electrons. The van der Waals surface area contributed by atoms with E-state index in [1.807, 2.05) is 12.5 Å². The van der Waals surface area contributed by atoms with Crippen LogP contribution in [-0.2, 0) is 6.54 Å². The molecule has 3 rings (SSSR count). The highest BCUT2D eigenvalue weighted by Gasteiger charge is 2.31. The molecule has 0 spiro atoms. The molecule has 0 amide bonds. The van der Waals surface area contributed by atoms with Crippen LogP contribution in [0.3, 0.4) is 0 Å². The second kappa shape index (κ2) is 5.88. The third-order valence-corrected chi connectivity index (χ3v) is 6.06. The molecule has 2 aliphatic rings. The topological polar surface area (TPSA) is 29.9 Å². The van der Waals surface area contributed by atoms with Crippen LogP contribution >= 0.6 is 11.8 Å². The van der Waals surface area contributed by atoms with Gasteiger partial charge in [0, 0.05) is 30.1 Å². The van der Waals surface area contributed by atoms with Crippen molar-refractivity contribution in [2.24, 2.45) is 0 Å². The van der Waals surface area contributed by atoms with E-state index in [9.17, 15) is 0 Å². The van der Waals surface area contributed by atoms with Gasteiger partial charge in [-0.2, -0.15) is 11.8 Å². The second-order valence-electron chi connectivity index (χ2n) is 6.07. The first kappa shape index (κ1) is 13.5. The molecule has 0 saturated heterocycles. The number of aromatic nitrogens is 2. The van der Waals surface area contributed by atoms with Crippen LogP contribution in [0.1, 0.15) is 56.7 Å². The van der Waals surface area contributed by atoms with E-state index >= 15 is 0 Å². The van der Waals surface area contributed by atoms with Crippen molar-refractivity contribution in [3.05, 3.63) is 18.2 Å². The van der Waals surface area contributed by atoms with E-state index in [1.165, 1.54) is 50.6 Å². The van der Waals surface area contributed by atoms with Crippen LogP contribution < -0.4 is 5.32 Å². The fourth-order valence-corrected chi connectivity index (χ4v) is 4.16. The van der Waals surface area contributed by atoms with E-state index in [-0.39, 0.29) is 0 Å². The van der Waals surface area contributed by atoms with Gasteiger partial charge < -0.3 is 9.88 Å². The van der Waals surface area contributed by atoms with Crippen LogP contribution in [0.4, 0.5) is 0 Å². The maximum absolute atomic E-state index is 4.30. The molecule has 1 N–H and O–H groups in total. The number of hydrogen-bond acceptors (Lipinski definition) is 3. The molecule has 0 unspecified atom stereocenters. The van der Waals surface area contributed by atoms with Crippen LogP contribution in [0, 0.1) is 0 Å². The van der Waals surface area contributed by atoms with E-state index in [0.29, 0.717) is 4.75 Å². The van der Waals surface area contributed by atoms with Crippen LogP contribution in [0.2, 0.25) is 0 Å². The summed E-state index contributed by atoms with van der Waals surface area (Å²) < 4.78 is 2.85. The molecule has 0 radical (unpaired) electrons. The lowest BCUT2D eigenvalue weighted by atomic mass is 9.88. The summed E-state index contributed by atoms with van der Waals surface area (Å²) in [5.74, 6) is 0. The summed E-state index contributed by atoms with van der Waals surface area (Å²) in [5, 5.41) is 3.69. The Labute approximate surface area is 120 Å². The Morgan fingerprint density at radius 2 is 2.16 bits per heavy atom. The molecule has 1 heterocycles. The zero-order valence-corrected chi connectivity index (χ0v) is 12.7. The third kappa shape index (κ3) is 3.16. The van der Waals surface area contributed by atoms with Crippen molar-refractivity contribution in [2.75, 3.05) is 12.8 Å². The predicted octanol–water partition coefficient (Wildman–Crippen LogP) is 3.37. The third-order valence-electron chi connectivity index (χ3n) is 4.64. The Balaban J connectivity index is 1.52. The minimum atomic E-state index is 0.489. The van der Waals surface area contributed by atoms with Gasteiger partial charge in [0.25, 0.3) is 0 Å². The summed E-state index contributed by atoms with van der Waals surface area (Å²) >= 11 is 2.07. The minimum absolute atomic E-state index is 0.489. The van der Waals surface area contributed by atoms with Crippen LogP contribution in [0.5, 0.6) is 0 Å². The van der Waals surface area contributed by atoms with Crippen molar-refractivity contribution in [3.8, 4) is 0 Å². The SMILES string of the molecule is CSC1(CNCc2cncn2C2CC2)CCCCC1. The predicted molar refractivity (Wildman–Crippen MR) is 81.5 cm³/mol. The second-order valence-corrected chi connectivity index (χ2v) is 7.35. The Kier molecular flexibility index (Phi) is 4.18. The van der Waals surface area contributed by atoms with Gasteiger partial charge in [-0.3, -0.25) is 0 Å². The molecule has 4 heteroatoms. The quantitative estimate of drug-likeness (QED) is 0.866. The van der Waals surface area contributed by atoms with E-state index in [4.69, 9.17) is 0 Å². The van der Waals surface area contributed by atoms with Crippen molar-refractivity contribution in [1.82, 2.24) is 14.9 Å². The lowest BCUT2D eigenvalue weighted by Crippen LogP contribution is -2.39. The Morgan fingerprint density at radius 3 is 2.84 bits per heavy atom. The highest BCUT2D eigenvalue weighted by Crippen LogP contribution is 2.38.